The summed E-state index contributed by atoms with van der Waals surface area (Å²) >= 11 is 0. The van der Waals surface area contributed by atoms with Gasteiger partial charge in [0, 0.05) is 12.0 Å². The Balaban J connectivity index is 1.45. The molecule has 1 heterocycles. The first kappa shape index (κ1) is 18.9. The summed E-state index contributed by atoms with van der Waals surface area (Å²) < 4.78 is 11.6. The molecule has 1 amide bonds. The van der Waals surface area contributed by atoms with Crippen molar-refractivity contribution in [3.63, 3.8) is 0 Å². The number of rotatable bonds is 9. The van der Waals surface area contributed by atoms with E-state index in [-0.39, 0.29) is 5.91 Å². The van der Waals surface area contributed by atoms with E-state index in [1.165, 1.54) is 0 Å². The molecular formula is C21H24N2O4. The van der Waals surface area contributed by atoms with Gasteiger partial charge in [0.1, 0.15) is 11.3 Å². The Kier molecular flexibility index (Phi) is 6.44. The molecule has 0 saturated heterocycles. The van der Waals surface area contributed by atoms with Crippen molar-refractivity contribution in [2.24, 2.45) is 0 Å². The predicted octanol–water partition coefficient (Wildman–Crippen LogP) is 4.64. The normalized spacial score (nSPS) is 10.9. The molecule has 0 radical (unpaired) electrons. The molecule has 0 aliphatic rings. The third-order valence-corrected chi connectivity index (χ3v) is 4.34. The zero-order chi connectivity index (χ0) is 19.1. The molecule has 0 atom stereocenters. The van der Waals surface area contributed by atoms with Crippen LogP contribution >= 0.6 is 0 Å². The molecule has 0 aliphatic carbocycles. The van der Waals surface area contributed by atoms with Gasteiger partial charge in [-0.25, -0.2) is 10.5 Å². The number of oxazole rings is 1. The van der Waals surface area contributed by atoms with Gasteiger partial charge < -0.3 is 9.15 Å². The van der Waals surface area contributed by atoms with Crippen LogP contribution in [0.2, 0.25) is 0 Å². The number of nitrogens with zero attached hydrogens (tertiary/aromatic N) is 1. The first-order chi connectivity index (χ1) is 13.2. The van der Waals surface area contributed by atoms with E-state index >= 15 is 0 Å². The minimum absolute atomic E-state index is 0.333. The number of carbonyl (C=O) groups is 1. The summed E-state index contributed by atoms with van der Waals surface area (Å²) in [7, 11) is 0. The average Bonchev–Trinajstić information content (AvgIpc) is 3.10. The quantitative estimate of drug-likeness (QED) is 0.327. The number of aromatic nitrogens is 1. The van der Waals surface area contributed by atoms with E-state index in [4.69, 9.17) is 14.4 Å². The van der Waals surface area contributed by atoms with Crippen LogP contribution in [0, 0.1) is 6.92 Å². The minimum Gasteiger partial charge on any atom is -0.494 e. The summed E-state index contributed by atoms with van der Waals surface area (Å²) in [4.78, 5) is 15.4. The third-order valence-electron chi connectivity index (χ3n) is 4.34. The molecule has 2 N–H and O–H groups in total. The lowest BCUT2D eigenvalue weighted by Gasteiger charge is -2.06. The Morgan fingerprint density at radius 2 is 1.89 bits per heavy atom. The summed E-state index contributed by atoms with van der Waals surface area (Å²) in [6.07, 6.45) is 3.97. The van der Waals surface area contributed by atoms with Crippen LogP contribution in [-0.4, -0.2) is 22.7 Å². The molecule has 2 aromatic carbocycles. The highest BCUT2D eigenvalue weighted by atomic mass is 16.5. The monoisotopic (exact) mass is 368 g/mol. The van der Waals surface area contributed by atoms with Crippen molar-refractivity contribution in [1.29, 1.82) is 0 Å². The largest absolute Gasteiger partial charge is 0.494 e. The first-order valence-electron chi connectivity index (χ1n) is 9.19. The lowest BCUT2D eigenvalue weighted by Crippen LogP contribution is -2.17. The zero-order valence-electron chi connectivity index (χ0n) is 15.4. The predicted molar refractivity (Wildman–Crippen MR) is 103 cm³/mol. The van der Waals surface area contributed by atoms with Crippen molar-refractivity contribution in [3.05, 3.63) is 48.0 Å². The fourth-order valence-electron chi connectivity index (χ4n) is 2.84. The maximum Gasteiger partial charge on any atom is 0.243 e. The van der Waals surface area contributed by atoms with Crippen molar-refractivity contribution >= 4 is 17.0 Å². The van der Waals surface area contributed by atoms with E-state index < -0.39 is 0 Å². The van der Waals surface area contributed by atoms with Crippen LogP contribution in [-0.2, 0) is 4.79 Å². The summed E-state index contributed by atoms with van der Waals surface area (Å²) in [5.41, 5.74) is 5.35. The SMILES string of the molecule is Cc1ccc2nc(-c3ccc(OCCCCCCC(=O)NO)cc3)oc2c1. The molecule has 3 rings (SSSR count). The van der Waals surface area contributed by atoms with Crippen LogP contribution in [0.1, 0.15) is 37.7 Å². The number of nitrogens with one attached hydrogen (secondary N) is 1. The standard InChI is InChI=1S/C21H24N2O4/c1-15-7-12-18-19(14-15)27-21(22-18)16-8-10-17(11-9-16)26-13-5-3-2-4-6-20(24)23-25/h7-12,14,25H,2-6,13H2,1H3,(H,23,24). The van der Waals surface area contributed by atoms with Crippen molar-refractivity contribution in [2.75, 3.05) is 6.61 Å². The van der Waals surface area contributed by atoms with Crippen molar-refractivity contribution in [2.45, 2.75) is 39.0 Å². The van der Waals surface area contributed by atoms with Gasteiger partial charge >= 0.3 is 0 Å². The van der Waals surface area contributed by atoms with Gasteiger partial charge in [0.25, 0.3) is 0 Å². The number of hydroxylamine groups is 1. The van der Waals surface area contributed by atoms with Crippen LogP contribution in [0.5, 0.6) is 5.75 Å². The minimum atomic E-state index is -0.333. The van der Waals surface area contributed by atoms with Gasteiger partial charge in [-0.15, -0.1) is 0 Å². The number of benzene rings is 2. The maximum absolute atomic E-state index is 10.9. The van der Waals surface area contributed by atoms with E-state index in [0.717, 1.165) is 53.7 Å². The fraction of sp³-hybridized carbons (Fsp3) is 0.333. The van der Waals surface area contributed by atoms with Gasteiger partial charge in [-0.3, -0.25) is 10.0 Å². The van der Waals surface area contributed by atoms with Gasteiger partial charge in [-0.05, 0) is 61.7 Å². The van der Waals surface area contributed by atoms with Crippen LogP contribution in [0.25, 0.3) is 22.6 Å². The number of carbonyl (C=O) groups excluding carboxylic acids is 1. The van der Waals surface area contributed by atoms with E-state index in [1.54, 1.807) is 5.48 Å². The molecule has 0 unspecified atom stereocenters. The van der Waals surface area contributed by atoms with Crippen molar-refractivity contribution in [1.82, 2.24) is 10.5 Å². The highest BCUT2D eigenvalue weighted by Crippen LogP contribution is 2.26. The summed E-state index contributed by atoms with van der Waals surface area (Å²) in [5.74, 6) is 1.08. The van der Waals surface area contributed by atoms with Gasteiger partial charge in [-0.2, -0.15) is 0 Å². The Bertz CT molecular complexity index is 887. The smallest absolute Gasteiger partial charge is 0.243 e. The van der Waals surface area contributed by atoms with E-state index in [1.807, 2.05) is 49.4 Å². The topological polar surface area (TPSA) is 84.6 Å². The van der Waals surface area contributed by atoms with Gasteiger partial charge in [0.05, 0.1) is 6.61 Å². The zero-order valence-corrected chi connectivity index (χ0v) is 15.4. The van der Waals surface area contributed by atoms with Crippen LogP contribution in [0.4, 0.5) is 0 Å². The molecule has 1 aromatic heterocycles. The number of hydrogen-bond acceptors (Lipinski definition) is 5. The van der Waals surface area contributed by atoms with Crippen LogP contribution in [0.3, 0.4) is 0 Å². The number of aryl methyl sites for hydroxylation is 1. The molecule has 3 aromatic rings. The lowest BCUT2D eigenvalue weighted by molar-refractivity contribution is -0.129. The second-order valence-electron chi connectivity index (χ2n) is 6.56. The number of hydrogen-bond donors (Lipinski definition) is 2. The summed E-state index contributed by atoms with van der Waals surface area (Å²) in [6, 6.07) is 13.7. The summed E-state index contributed by atoms with van der Waals surface area (Å²) in [5, 5.41) is 8.41. The number of ether oxygens (including phenoxy) is 1. The highest BCUT2D eigenvalue weighted by molar-refractivity contribution is 5.77. The van der Waals surface area contributed by atoms with Gasteiger partial charge in [-0.1, -0.05) is 18.9 Å². The van der Waals surface area contributed by atoms with Crippen LogP contribution in [0.15, 0.2) is 46.9 Å². The van der Waals surface area contributed by atoms with Gasteiger partial charge in [0.2, 0.25) is 11.8 Å². The summed E-state index contributed by atoms with van der Waals surface area (Å²) in [6.45, 7) is 2.66. The molecule has 27 heavy (non-hydrogen) atoms. The fourth-order valence-corrected chi connectivity index (χ4v) is 2.84. The van der Waals surface area contributed by atoms with E-state index in [9.17, 15) is 4.79 Å². The molecule has 0 fully saturated rings. The molecule has 0 aliphatic heterocycles. The van der Waals surface area contributed by atoms with Crippen molar-refractivity contribution < 1.29 is 19.2 Å². The number of amides is 1. The molecular weight excluding hydrogens is 344 g/mol. The Labute approximate surface area is 158 Å². The number of fused-ring (bicyclic) bond motifs is 1. The molecule has 0 bridgehead atoms. The molecule has 0 saturated carbocycles. The first-order valence-corrected chi connectivity index (χ1v) is 9.19. The number of unbranched alkanes of at least 4 members (excludes halogenated alkanes) is 3. The van der Waals surface area contributed by atoms with Gasteiger partial charge in [0.15, 0.2) is 5.58 Å². The van der Waals surface area contributed by atoms with Crippen molar-refractivity contribution in [3.8, 4) is 17.2 Å². The maximum atomic E-state index is 10.9. The molecule has 0 spiro atoms. The average molecular weight is 368 g/mol. The third kappa shape index (κ3) is 5.31. The van der Waals surface area contributed by atoms with E-state index in [0.29, 0.717) is 18.9 Å². The van der Waals surface area contributed by atoms with Crippen LogP contribution < -0.4 is 10.2 Å². The Morgan fingerprint density at radius 1 is 1.11 bits per heavy atom. The molecule has 6 heteroatoms. The molecule has 6 nitrogen and oxygen atoms in total. The lowest BCUT2D eigenvalue weighted by atomic mass is 10.1. The highest BCUT2D eigenvalue weighted by Gasteiger charge is 2.08. The second kappa shape index (κ2) is 9.19. The Hall–Kier alpha value is -2.86. The molecule has 142 valence electrons. The second-order valence-corrected chi connectivity index (χ2v) is 6.56. The Morgan fingerprint density at radius 3 is 2.67 bits per heavy atom. The van der Waals surface area contributed by atoms with E-state index in [2.05, 4.69) is 4.98 Å².